The van der Waals surface area contributed by atoms with Gasteiger partial charge in [0.15, 0.2) is 0 Å². The van der Waals surface area contributed by atoms with Crippen LogP contribution >= 0.6 is 23.2 Å². The molecular formula is C34H35Cl2N3O4S. The Hall–Kier alpha value is -3.85. The number of aryl methyl sites for hydroxylation is 2. The van der Waals surface area contributed by atoms with Gasteiger partial charge in [0, 0.05) is 30.1 Å². The number of sulfonamides is 1. The summed E-state index contributed by atoms with van der Waals surface area (Å²) in [5.41, 5.74) is 4.26. The van der Waals surface area contributed by atoms with E-state index in [-0.39, 0.29) is 17.9 Å². The van der Waals surface area contributed by atoms with E-state index in [0.29, 0.717) is 21.3 Å². The number of likely N-dealkylation sites (N-methyl/N-ethyl adjacent to an activating group) is 1. The van der Waals surface area contributed by atoms with Crippen LogP contribution in [0.15, 0.2) is 95.9 Å². The van der Waals surface area contributed by atoms with Crippen LogP contribution in [0.25, 0.3) is 0 Å². The van der Waals surface area contributed by atoms with Crippen molar-refractivity contribution in [3.8, 4) is 0 Å². The molecule has 7 nitrogen and oxygen atoms in total. The minimum Gasteiger partial charge on any atom is -0.357 e. The van der Waals surface area contributed by atoms with E-state index in [1.54, 1.807) is 42.5 Å². The SMILES string of the molecule is CNC(=O)[C@@H](Cc1ccccc1)N(Cc1ccc(Cl)cc1Cl)C(=O)CN(c1cccc(C)c1C)S(=O)(=O)c1ccc(C)cc1. The van der Waals surface area contributed by atoms with Crippen molar-refractivity contribution in [2.24, 2.45) is 0 Å². The third-order valence-electron chi connectivity index (χ3n) is 7.61. The Labute approximate surface area is 269 Å². The average Bonchev–Trinajstić information content (AvgIpc) is 3.00. The minimum absolute atomic E-state index is 0.0506. The molecule has 0 heterocycles. The van der Waals surface area contributed by atoms with Crippen LogP contribution in [0.1, 0.15) is 27.8 Å². The normalized spacial score (nSPS) is 12.0. The molecule has 230 valence electrons. The number of carbonyl (C=O) groups is 2. The summed E-state index contributed by atoms with van der Waals surface area (Å²) in [5, 5.41) is 3.42. The van der Waals surface area contributed by atoms with E-state index in [4.69, 9.17) is 23.2 Å². The fraction of sp³-hybridized carbons (Fsp3) is 0.235. The number of nitrogens with zero attached hydrogens (tertiary/aromatic N) is 2. The highest BCUT2D eigenvalue weighted by Crippen LogP contribution is 2.30. The molecule has 0 saturated carbocycles. The molecule has 0 saturated heterocycles. The minimum atomic E-state index is -4.19. The summed E-state index contributed by atoms with van der Waals surface area (Å²) in [5.74, 6) is -0.968. The van der Waals surface area contributed by atoms with Crippen LogP contribution in [-0.2, 0) is 32.6 Å². The topological polar surface area (TPSA) is 86.8 Å². The zero-order chi connectivity index (χ0) is 32.0. The lowest BCUT2D eigenvalue weighted by molar-refractivity contribution is -0.139. The molecular weight excluding hydrogens is 617 g/mol. The van der Waals surface area contributed by atoms with Crippen molar-refractivity contribution in [1.82, 2.24) is 10.2 Å². The fourth-order valence-corrected chi connectivity index (χ4v) is 6.85. The lowest BCUT2D eigenvalue weighted by Gasteiger charge is -2.34. The number of rotatable bonds is 11. The second-order valence-corrected chi connectivity index (χ2v) is 13.3. The van der Waals surface area contributed by atoms with E-state index in [1.807, 2.05) is 57.2 Å². The number of hydrogen-bond donors (Lipinski definition) is 1. The van der Waals surface area contributed by atoms with Crippen molar-refractivity contribution >= 4 is 50.7 Å². The Balaban J connectivity index is 1.84. The molecule has 0 aliphatic heterocycles. The van der Waals surface area contributed by atoms with E-state index in [2.05, 4.69) is 5.32 Å². The van der Waals surface area contributed by atoms with Gasteiger partial charge in [-0.1, -0.05) is 89.4 Å². The molecule has 1 atom stereocenters. The number of nitrogens with one attached hydrogen (secondary N) is 1. The van der Waals surface area contributed by atoms with Crippen LogP contribution in [-0.4, -0.2) is 44.8 Å². The first-order chi connectivity index (χ1) is 20.9. The predicted molar refractivity (Wildman–Crippen MR) is 177 cm³/mol. The lowest BCUT2D eigenvalue weighted by atomic mass is 10.0. The first kappa shape index (κ1) is 33.1. The van der Waals surface area contributed by atoms with Gasteiger partial charge in [-0.25, -0.2) is 8.42 Å². The van der Waals surface area contributed by atoms with Crippen LogP contribution in [0.3, 0.4) is 0 Å². The predicted octanol–water partition coefficient (Wildman–Crippen LogP) is 6.50. The van der Waals surface area contributed by atoms with Gasteiger partial charge < -0.3 is 10.2 Å². The van der Waals surface area contributed by atoms with E-state index in [9.17, 15) is 18.0 Å². The molecule has 4 aromatic rings. The monoisotopic (exact) mass is 651 g/mol. The number of carbonyl (C=O) groups excluding carboxylic acids is 2. The molecule has 0 radical (unpaired) electrons. The smallest absolute Gasteiger partial charge is 0.264 e. The number of halogens is 2. The molecule has 0 aliphatic rings. The summed E-state index contributed by atoms with van der Waals surface area (Å²) in [4.78, 5) is 29.3. The molecule has 0 unspecified atom stereocenters. The van der Waals surface area contributed by atoms with Crippen molar-refractivity contribution in [2.75, 3.05) is 17.9 Å². The molecule has 0 aliphatic carbocycles. The summed E-state index contributed by atoms with van der Waals surface area (Å²) in [6.45, 7) is 4.97. The van der Waals surface area contributed by atoms with Crippen molar-refractivity contribution < 1.29 is 18.0 Å². The molecule has 4 rings (SSSR count). The zero-order valence-electron chi connectivity index (χ0n) is 25.1. The average molecular weight is 653 g/mol. The molecule has 0 spiro atoms. The largest absolute Gasteiger partial charge is 0.357 e. The van der Waals surface area contributed by atoms with E-state index in [0.717, 1.165) is 26.6 Å². The van der Waals surface area contributed by atoms with Crippen LogP contribution in [0.2, 0.25) is 10.0 Å². The second kappa shape index (κ2) is 14.3. The van der Waals surface area contributed by atoms with Gasteiger partial charge in [-0.15, -0.1) is 0 Å². The second-order valence-electron chi connectivity index (χ2n) is 10.6. The Morgan fingerprint density at radius 2 is 1.55 bits per heavy atom. The highest BCUT2D eigenvalue weighted by molar-refractivity contribution is 7.92. The highest BCUT2D eigenvalue weighted by atomic mass is 35.5. The van der Waals surface area contributed by atoms with Gasteiger partial charge in [-0.05, 0) is 73.4 Å². The van der Waals surface area contributed by atoms with Gasteiger partial charge in [0.25, 0.3) is 10.0 Å². The van der Waals surface area contributed by atoms with E-state index < -0.39 is 34.4 Å². The van der Waals surface area contributed by atoms with Gasteiger partial charge in [-0.2, -0.15) is 0 Å². The molecule has 4 aromatic carbocycles. The molecule has 44 heavy (non-hydrogen) atoms. The van der Waals surface area contributed by atoms with Crippen LogP contribution < -0.4 is 9.62 Å². The summed E-state index contributed by atoms with van der Waals surface area (Å²) < 4.78 is 29.5. The van der Waals surface area contributed by atoms with Crippen LogP contribution in [0, 0.1) is 20.8 Å². The van der Waals surface area contributed by atoms with Gasteiger partial charge in [0.05, 0.1) is 10.6 Å². The number of anilines is 1. The number of benzene rings is 4. The standard InChI is InChI=1S/C34H35Cl2N3O4S/c1-23-13-17-29(18-14-23)44(42,43)39(31-12-8-9-24(2)25(31)3)22-33(40)38(21-27-15-16-28(35)20-30(27)36)32(34(41)37-4)19-26-10-6-5-7-11-26/h5-18,20,32H,19,21-22H2,1-4H3,(H,37,41)/t32-/m1/s1. The summed E-state index contributed by atoms with van der Waals surface area (Å²) >= 11 is 12.7. The number of hydrogen-bond acceptors (Lipinski definition) is 4. The zero-order valence-corrected chi connectivity index (χ0v) is 27.4. The molecule has 0 fully saturated rings. The third-order valence-corrected chi connectivity index (χ3v) is 9.97. The lowest BCUT2D eigenvalue weighted by Crippen LogP contribution is -2.53. The van der Waals surface area contributed by atoms with E-state index >= 15 is 0 Å². The first-order valence-electron chi connectivity index (χ1n) is 14.1. The summed E-state index contributed by atoms with van der Waals surface area (Å²) in [6, 6.07) is 25.1. The van der Waals surface area contributed by atoms with Crippen molar-refractivity contribution in [2.45, 2.75) is 44.7 Å². The maximum absolute atomic E-state index is 14.5. The Morgan fingerprint density at radius 1 is 0.864 bits per heavy atom. The quantitative estimate of drug-likeness (QED) is 0.201. The van der Waals surface area contributed by atoms with Gasteiger partial charge in [0.2, 0.25) is 11.8 Å². The number of amides is 2. The Morgan fingerprint density at radius 3 is 2.18 bits per heavy atom. The molecule has 2 amide bonds. The van der Waals surface area contributed by atoms with Crippen molar-refractivity contribution in [1.29, 1.82) is 0 Å². The maximum atomic E-state index is 14.5. The molecule has 10 heteroatoms. The molecule has 0 bridgehead atoms. The van der Waals surface area contributed by atoms with Crippen molar-refractivity contribution in [3.63, 3.8) is 0 Å². The van der Waals surface area contributed by atoms with Crippen molar-refractivity contribution in [3.05, 3.63) is 129 Å². The van der Waals surface area contributed by atoms with E-state index in [1.165, 1.54) is 24.1 Å². The highest BCUT2D eigenvalue weighted by Gasteiger charge is 2.35. The summed E-state index contributed by atoms with van der Waals surface area (Å²) in [6.07, 6.45) is 0.200. The third kappa shape index (κ3) is 7.62. The summed E-state index contributed by atoms with van der Waals surface area (Å²) in [7, 11) is -2.69. The Bertz CT molecular complexity index is 1750. The first-order valence-corrected chi connectivity index (χ1v) is 16.3. The molecule has 1 N–H and O–H groups in total. The van der Waals surface area contributed by atoms with Crippen LogP contribution in [0.5, 0.6) is 0 Å². The fourth-order valence-electron chi connectivity index (χ4n) is 4.91. The Kier molecular flexibility index (Phi) is 10.7. The van der Waals surface area contributed by atoms with Gasteiger partial charge in [0.1, 0.15) is 12.6 Å². The van der Waals surface area contributed by atoms with Gasteiger partial charge in [-0.3, -0.25) is 13.9 Å². The van der Waals surface area contributed by atoms with Gasteiger partial charge >= 0.3 is 0 Å². The van der Waals surface area contributed by atoms with Crippen LogP contribution in [0.4, 0.5) is 5.69 Å². The maximum Gasteiger partial charge on any atom is 0.264 e. The molecule has 0 aromatic heterocycles.